The summed E-state index contributed by atoms with van der Waals surface area (Å²) in [6.45, 7) is 1.24. The van der Waals surface area contributed by atoms with E-state index >= 15 is 0 Å². The molecule has 13 heteroatoms. The molecule has 0 unspecified atom stereocenters. The van der Waals surface area contributed by atoms with E-state index in [9.17, 15) is 18.4 Å². The van der Waals surface area contributed by atoms with Crippen LogP contribution in [0.1, 0.15) is 27.4 Å². The second-order valence-corrected chi connectivity index (χ2v) is 7.40. The van der Waals surface area contributed by atoms with E-state index in [2.05, 4.69) is 25.7 Å². The number of alkyl halides is 2. The van der Waals surface area contributed by atoms with Crippen molar-refractivity contribution >= 4 is 23.3 Å². The molecule has 0 spiro atoms. The second-order valence-electron chi connectivity index (χ2n) is 7.40. The van der Waals surface area contributed by atoms with Gasteiger partial charge in [-0.15, -0.1) is 0 Å². The van der Waals surface area contributed by atoms with Crippen molar-refractivity contribution in [1.29, 1.82) is 0 Å². The van der Waals surface area contributed by atoms with Gasteiger partial charge < -0.3 is 25.5 Å². The molecule has 174 valence electrons. The van der Waals surface area contributed by atoms with Crippen molar-refractivity contribution in [2.45, 2.75) is 19.4 Å². The zero-order valence-corrected chi connectivity index (χ0v) is 17.3. The monoisotopic (exact) mass is 461 g/mol. The van der Waals surface area contributed by atoms with Gasteiger partial charge >= 0.3 is 0 Å². The minimum Gasteiger partial charge on any atom is -0.444 e. The Labute approximate surface area is 186 Å². The molecular weight excluding hydrogens is 440 g/mol. The minimum atomic E-state index is -2.53. The fourth-order valence-electron chi connectivity index (χ4n) is 3.32. The summed E-state index contributed by atoms with van der Waals surface area (Å²) in [5, 5.41) is 9.24. The van der Waals surface area contributed by atoms with Crippen LogP contribution in [0.4, 0.5) is 20.3 Å². The van der Waals surface area contributed by atoms with E-state index in [1.54, 1.807) is 10.7 Å². The zero-order chi connectivity index (χ0) is 23.4. The van der Waals surface area contributed by atoms with Crippen LogP contribution in [0, 0.1) is 5.92 Å². The van der Waals surface area contributed by atoms with Gasteiger partial charge in [0.2, 0.25) is 5.89 Å². The highest BCUT2D eigenvalue weighted by Crippen LogP contribution is 2.22. The van der Waals surface area contributed by atoms with Gasteiger partial charge in [-0.1, -0.05) is 0 Å². The molecule has 3 aromatic heterocycles. The summed E-state index contributed by atoms with van der Waals surface area (Å²) in [5.41, 5.74) is 5.86. The molecule has 4 N–H and O–H groups in total. The maximum atomic E-state index is 12.7. The van der Waals surface area contributed by atoms with Crippen LogP contribution in [0.2, 0.25) is 0 Å². The van der Waals surface area contributed by atoms with Crippen LogP contribution in [-0.2, 0) is 11.3 Å². The first-order valence-electron chi connectivity index (χ1n) is 10.1. The van der Waals surface area contributed by atoms with E-state index in [0.29, 0.717) is 25.3 Å². The Kier molecular flexibility index (Phi) is 6.58. The second kappa shape index (κ2) is 9.73. The molecule has 0 aliphatic carbocycles. The standard InChI is InChI=1S/C20H21F2N7O4/c21-15(22)6-25-16-5-12(1-3-24-16)20-27-14(10-33-20)19(31)26-13-8-29(28-17(13)18(23)30)7-11-2-4-32-9-11/h1,3,5,8,10-11,15H,2,4,6-7,9H2,(H2,23,30)(H,24,25)(H,26,31)/t11-/m0/s1. The number of oxazole rings is 1. The summed E-state index contributed by atoms with van der Waals surface area (Å²) in [4.78, 5) is 32.5. The van der Waals surface area contributed by atoms with Crippen LogP contribution in [-0.4, -0.2) is 57.7 Å². The van der Waals surface area contributed by atoms with Gasteiger partial charge in [0.1, 0.15) is 12.1 Å². The van der Waals surface area contributed by atoms with Crippen molar-refractivity contribution in [3.05, 3.63) is 42.2 Å². The van der Waals surface area contributed by atoms with Crippen LogP contribution in [0.15, 0.2) is 35.2 Å². The Morgan fingerprint density at radius 1 is 1.36 bits per heavy atom. The first-order chi connectivity index (χ1) is 15.9. The Morgan fingerprint density at radius 3 is 2.94 bits per heavy atom. The molecule has 2 amide bonds. The Hall–Kier alpha value is -3.87. The van der Waals surface area contributed by atoms with Crippen molar-refractivity contribution in [3.63, 3.8) is 0 Å². The summed E-state index contributed by atoms with van der Waals surface area (Å²) in [5.74, 6) is -0.861. The topological polar surface area (TPSA) is 150 Å². The first kappa shape index (κ1) is 22.3. The highest BCUT2D eigenvalue weighted by Gasteiger charge is 2.22. The van der Waals surface area contributed by atoms with Crippen molar-refractivity contribution < 1.29 is 27.5 Å². The number of primary amides is 1. The number of rotatable bonds is 9. The van der Waals surface area contributed by atoms with Crippen molar-refractivity contribution in [2.24, 2.45) is 11.7 Å². The summed E-state index contributed by atoms with van der Waals surface area (Å²) >= 11 is 0. The third kappa shape index (κ3) is 5.49. The number of hydrogen-bond acceptors (Lipinski definition) is 8. The lowest BCUT2D eigenvalue weighted by Crippen LogP contribution is -2.18. The molecule has 1 fully saturated rings. The predicted molar refractivity (Wildman–Crippen MR) is 112 cm³/mol. The van der Waals surface area contributed by atoms with E-state index < -0.39 is 24.8 Å². The van der Waals surface area contributed by atoms with Crippen LogP contribution >= 0.6 is 0 Å². The number of halogens is 2. The van der Waals surface area contributed by atoms with E-state index in [1.807, 2.05) is 0 Å². The Balaban J connectivity index is 1.47. The third-order valence-electron chi connectivity index (χ3n) is 4.89. The number of anilines is 2. The molecule has 0 radical (unpaired) electrons. The van der Waals surface area contributed by atoms with Crippen molar-refractivity contribution in [2.75, 3.05) is 30.4 Å². The molecule has 3 aromatic rings. The number of nitrogens with one attached hydrogen (secondary N) is 2. The van der Waals surface area contributed by atoms with Gasteiger partial charge in [-0.2, -0.15) is 5.10 Å². The van der Waals surface area contributed by atoms with Gasteiger partial charge in [-0.3, -0.25) is 14.3 Å². The van der Waals surface area contributed by atoms with Gasteiger partial charge in [0.05, 0.1) is 18.8 Å². The van der Waals surface area contributed by atoms with E-state index in [0.717, 1.165) is 12.7 Å². The minimum absolute atomic E-state index is 0.0590. The largest absolute Gasteiger partial charge is 0.444 e. The maximum absolute atomic E-state index is 12.7. The number of hydrogen-bond donors (Lipinski definition) is 3. The van der Waals surface area contributed by atoms with E-state index in [-0.39, 0.29) is 34.7 Å². The normalized spacial score (nSPS) is 15.7. The van der Waals surface area contributed by atoms with Crippen LogP contribution in [0.5, 0.6) is 0 Å². The molecule has 0 saturated carbocycles. The third-order valence-corrected chi connectivity index (χ3v) is 4.89. The number of aromatic nitrogens is 4. The fraction of sp³-hybridized carbons (Fsp3) is 0.350. The number of ether oxygens (including phenoxy) is 1. The lowest BCUT2D eigenvalue weighted by molar-refractivity contribution is 0.0995. The lowest BCUT2D eigenvalue weighted by Gasteiger charge is -2.06. The molecule has 11 nitrogen and oxygen atoms in total. The lowest BCUT2D eigenvalue weighted by atomic mass is 10.1. The average Bonchev–Trinajstić information content (AvgIpc) is 3.54. The number of pyridine rings is 1. The van der Waals surface area contributed by atoms with Gasteiger partial charge in [0, 0.05) is 37.0 Å². The number of carbonyl (C=O) groups is 2. The first-order valence-corrected chi connectivity index (χ1v) is 10.1. The maximum Gasteiger partial charge on any atom is 0.277 e. The number of nitrogens with two attached hydrogens (primary N) is 1. The summed E-state index contributed by atoms with van der Waals surface area (Å²) in [6.07, 6.45) is 2.41. The Morgan fingerprint density at radius 2 is 2.21 bits per heavy atom. The van der Waals surface area contributed by atoms with E-state index in [4.69, 9.17) is 14.9 Å². The van der Waals surface area contributed by atoms with Crippen LogP contribution in [0.3, 0.4) is 0 Å². The summed E-state index contributed by atoms with van der Waals surface area (Å²) < 4.78 is 37.0. The summed E-state index contributed by atoms with van der Waals surface area (Å²) in [6, 6.07) is 3.03. The fourth-order valence-corrected chi connectivity index (χ4v) is 3.32. The predicted octanol–water partition coefficient (Wildman–Crippen LogP) is 2.00. The molecule has 4 rings (SSSR count). The number of nitrogens with zero attached hydrogens (tertiary/aromatic N) is 4. The smallest absolute Gasteiger partial charge is 0.277 e. The highest BCUT2D eigenvalue weighted by atomic mass is 19.3. The van der Waals surface area contributed by atoms with Gasteiger partial charge in [-0.25, -0.2) is 18.7 Å². The molecule has 1 atom stereocenters. The number of carbonyl (C=O) groups excluding carboxylic acids is 2. The zero-order valence-electron chi connectivity index (χ0n) is 17.3. The molecule has 1 aliphatic rings. The van der Waals surface area contributed by atoms with Gasteiger partial charge in [-0.05, 0) is 18.6 Å². The molecule has 0 bridgehead atoms. The van der Waals surface area contributed by atoms with Crippen LogP contribution in [0.25, 0.3) is 11.5 Å². The van der Waals surface area contributed by atoms with Crippen LogP contribution < -0.4 is 16.4 Å². The SMILES string of the molecule is NC(=O)c1nn(C[C@@H]2CCOC2)cc1NC(=O)c1coc(-c2ccnc(NCC(F)F)c2)n1. The van der Waals surface area contributed by atoms with E-state index in [1.165, 1.54) is 18.5 Å². The molecule has 1 aliphatic heterocycles. The molecule has 33 heavy (non-hydrogen) atoms. The molecule has 4 heterocycles. The molecule has 1 saturated heterocycles. The molecular formula is C20H21F2N7O4. The quantitative estimate of drug-likeness (QED) is 0.438. The van der Waals surface area contributed by atoms with Crippen molar-refractivity contribution in [3.8, 4) is 11.5 Å². The van der Waals surface area contributed by atoms with Gasteiger partial charge in [0.15, 0.2) is 11.4 Å². The number of amides is 2. The van der Waals surface area contributed by atoms with Gasteiger partial charge in [0.25, 0.3) is 18.2 Å². The average molecular weight is 461 g/mol. The Bertz CT molecular complexity index is 1140. The molecule has 0 aromatic carbocycles. The summed E-state index contributed by atoms with van der Waals surface area (Å²) in [7, 11) is 0. The van der Waals surface area contributed by atoms with Crippen molar-refractivity contribution in [1.82, 2.24) is 19.7 Å². The highest BCUT2D eigenvalue weighted by molar-refractivity contribution is 6.07.